The number of hydrogen-bond donors (Lipinski definition) is 2. The highest BCUT2D eigenvalue weighted by molar-refractivity contribution is 6.30. The molecule has 0 unspecified atom stereocenters. The molecule has 6 nitrogen and oxygen atoms in total. The number of benzene rings is 2. The summed E-state index contributed by atoms with van der Waals surface area (Å²) in [4.78, 5) is 29.3. The lowest BCUT2D eigenvalue weighted by Crippen LogP contribution is -2.17. The number of primary amides is 1. The van der Waals surface area contributed by atoms with Gasteiger partial charge in [0.15, 0.2) is 5.65 Å². The first-order valence-corrected chi connectivity index (χ1v) is 9.85. The van der Waals surface area contributed by atoms with Crippen LogP contribution in [0.5, 0.6) is 0 Å². The van der Waals surface area contributed by atoms with Crippen LogP contribution in [-0.2, 0) is 5.41 Å². The minimum absolute atomic E-state index is 0.245. The van der Waals surface area contributed by atoms with Gasteiger partial charge in [0, 0.05) is 38.9 Å². The molecule has 0 radical (unpaired) electrons. The van der Waals surface area contributed by atoms with Crippen molar-refractivity contribution in [1.29, 1.82) is 0 Å². The molecule has 0 saturated heterocycles. The van der Waals surface area contributed by atoms with E-state index in [9.17, 15) is 9.59 Å². The number of halogens is 1. The maximum Gasteiger partial charge on any atom is 0.273 e. The Bertz CT molecular complexity index is 1330. The van der Waals surface area contributed by atoms with E-state index in [4.69, 9.17) is 22.3 Å². The number of aromatic amines is 1. The summed E-state index contributed by atoms with van der Waals surface area (Å²) in [5.41, 5.74) is 9.50. The first kappa shape index (κ1) is 19.9. The van der Waals surface area contributed by atoms with Crippen molar-refractivity contribution in [2.24, 2.45) is 5.73 Å². The molecule has 0 aliphatic carbocycles. The first-order valence-electron chi connectivity index (χ1n) is 9.47. The molecule has 4 rings (SSSR count). The molecule has 3 N–H and O–H groups in total. The van der Waals surface area contributed by atoms with E-state index in [1.54, 1.807) is 24.3 Å². The highest BCUT2D eigenvalue weighted by Gasteiger charge is 2.26. The Kier molecular flexibility index (Phi) is 4.74. The molecule has 152 valence electrons. The van der Waals surface area contributed by atoms with Crippen molar-refractivity contribution in [2.75, 3.05) is 0 Å². The van der Waals surface area contributed by atoms with Gasteiger partial charge in [0.05, 0.1) is 5.69 Å². The zero-order valence-electron chi connectivity index (χ0n) is 16.9. The summed E-state index contributed by atoms with van der Waals surface area (Å²) < 4.78 is 1.45. The standard InChI is InChI=1S/C23H21ClN4O2/c1-23(2,3)20-19(13-7-9-16(24)10-8-13)22-26-17(12-18(29)28(22)27-20)14-5-4-6-15(11-14)21(25)30/h4-12,27H,1-3H3,(H2,25,30). The van der Waals surface area contributed by atoms with Gasteiger partial charge in [-0.05, 0) is 29.8 Å². The number of carbonyl (C=O) groups is 1. The number of aromatic nitrogens is 3. The highest BCUT2D eigenvalue weighted by atomic mass is 35.5. The fourth-order valence-electron chi connectivity index (χ4n) is 3.45. The van der Waals surface area contributed by atoms with Crippen LogP contribution in [-0.4, -0.2) is 20.5 Å². The molecule has 0 spiro atoms. The van der Waals surface area contributed by atoms with Crippen LogP contribution in [0.25, 0.3) is 28.0 Å². The molecule has 2 aromatic heterocycles. The fourth-order valence-corrected chi connectivity index (χ4v) is 3.58. The summed E-state index contributed by atoms with van der Waals surface area (Å²) in [6.07, 6.45) is 0. The predicted octanol–water partition coefficient (Wildman–Crippen LogP) is 4.41. The zero-order chi connectivity index (χ0) is 21.6. The number of amides is 1. The minimum atomic E-state index is -0.534. The van der Waals surface area contributed by atoms with Gasteiger partial charge in [0.2, 0.25) is 5.91 Å². The van der Waals surface area contributed by atoms with Crippen molar-refractivity contribution in [3.8, 4) is 22.4 Å². The third-order valence-corrected chi connectivity index (χ3v) is 5.19. The Morgan fingerprint density at radius 2 is 1.77 bits per heavy atom. The molecule has 0 saturated carbocycles. The van der Waals surface area contributed by atoms with Gasteiger partial charge in [0.25, 0.3) is 5.56 Å². The van der Waals surface area contributed by atoms with Crippen LogP contribution in [0.1, 0.15) is 36.8 Å². The van der Waals surface area contributed by atoms with Crippen molar-refractivity contribution < 1.29 is 4.79 Å². The Balaban J connectivity index is 2.03. The lowest BCUT2D eigenvalue weighted by molar-refractivity contribution is 0.100. The van der Waals surface area contributed by atoms with E-state index in [0.717, 1.165) is 16.8 Å². The zero-order valence-corrected chi connectivity index (χ0v) is 17.6. The second kappa shape index (κ2) is 7.15. The number of fused-ring (bicyclic) bond motifs is 1. The number of nitrogens with zero attached hydrogens (tertiary/aromatic N) is 2. The van der Waals surface area contributed by atoms with Crippen LogP contribution in [0.4, 0.5) is 0 Å². The van der Waals surface area contributed by atoms with E-state index in [1.807, 2.05) is 24.3 Å². The minimum Gasteiger partial charge on any atom is -0.366 e. The molecule has 0 aliphatic rings. The van der Waals surface area contributed by atoms with Crippen LogP contribution in [0.3, 0.4) is 0 Å². The second-order valence-corrected chi connectivity index (χ2v) is 8.64. The number of H-pyrrole nitrogens is 1. The van der Waals surface area contributed by atoms with Crippen molar-refractivity contribution in [1.82, 2.24) is 14.6 Å². The first-order chi connectivity index (χ1) is 14.1. The lowest BCUT2D eigenvalue weighted by Gasteiger charge is -2.18. The summed E-state index contributed by atoms with van der Waals surface area (Å²) in [5.74, 6) is -0.534. The molecule has 30 heavy (non-hydrogen) atoms. The van der Waals surface area contributed by atoms with Gasteiger partial charge in [-0.15, -0.1) is 0 Å². The lowest BCUT2D eigenvalue weighted by atomic mass is 9.87. The van der Waals surface area contributed by atoms with Crippen LogP contribution < -0.4 is 11.3 Å². The summed E-state index contributed by atoms with van der Waals surface area (Å²) in [7, 11) is 0. The number of carbonyl (C=O) groups excluding carboxylic acids is 1. The van der Waals surface area contributed by atoms with Gasteiger partial charge in [-0.25, -0.2) is 9.50 Å². The van der Waals surface area contributed by atoms with Gasteiger partial charge in [-0.2, -0.15) is 0 Å². The SMILES string of the molecule is CC(C)(C)c1[nH]n2c(=O)cc(-c3cccc(C(N)=O)c3)nc2c1-c1ccc(Cl)cc1. The molecule has 1 amide bonds. The van der Waals surface area contributed by atoms with E-state index in [-0.39, 0.29) is 11.0 Å². The highest BCUT2D eigenvalue weighted by Crippen LogP contribution is 2.35. The summed E-state index contributed by atoms with van der Waals surface area (Å²) >= 11 is 6.08. The number of nitrogens with two attached hydrogens (primary N) is 1. The summed E-state index contributed by atoms with van der Waals surface area (Å²) in [6, 6.07) is 15.7. The van der Waals surface area contributed by atoms with Gasteiger partial charge in [0.1, 0.15) is 0 Å². The molecule has 0 bridgehead atoms. The van der Waals surface area contributed by atoms with Gasteiger partial charge in [-0.3, -0.25) is 14.7 Å². The molecule has 0 fully saturated rings. The average molecular weight is 421 g/mol. The quantitative estimate of drug-likeness (QED) is 0.514. The van der Waals surface area contributed by atoms with Crippen LogP contribution in [0.2, 0.25) is 5.02 Å². The number of nitrogens with one attached hydrogen (secondary N) is 1. The number of rotatable bonds is 3. The van der Waals surface area contributed by atoms with Crippen molar-refractivity contribution in [2.45, 2.75) is 26.2 Å². The number of hydrogen-bond acceptors (Lipinski definition) is 3. The normalized spacial score (nSPS) is 11.7. The van der Waals surface area contributed by atoms with E-state index >= 15 is 0 Å². The fraction of sp³-hybridized carbons (Fsp3) is 0.174. The molecular formula is C23H21ClN4O2. The molecule has 2 aromatic carbocycles. The van der Waals surface area contributed by atoms with Crippen LogP contribution in [0, 0.1) is 0 Å². The summed E-state index contributed by atoms with van der Waals surface area (Å²) in [6.45, 7) is 6.21. The van der Waals surface area contributed by atoms with Crippen LogP contribution in [0.15, 0.2) is 59.4 Å². The smallest absolute Gasteiger partial charge is 0.273 e. The van der Waals surface area contributed by atoms with E-state index in [2.05, 4.69) is 25.9 Å². The molecule has 7 heteroatoms. The van der Waals surface area contributed by atoms with Crippen molar-refractivity contribution in [3.05, 3.63) is 81.2 Å². The largest absolute Gasteiger partial charge is 0.366 e. The maximum absolute atomic E-state index is 12.9. The summed E-state index contributed by atoms with van der Waals surface area (Å²) in [5, 5.41) is 3.86. The third-order valence-electron chi connectivity index (χ3n) is 4.94. The Labute approximate surface area is 178 Å². The topological polar surface area (TPSA) is 93.2 Å². The third kappa shape index (κ3) is 3.50. The Morgan fingerprint density at radius 1 is 1.07 bits per heavy atom. The molecule has 2 heterocycles. The van der Waals surface area contributed by atoms with Gasteiger partial charge >= 0.3 is 0 Å². The van der Waals surface area contributed by atoms with E-state index in [0.29, 0.717) is 27.5 Å². The van der Waals surface area contributed by atoms with Gasteiger partial charge < -0.3 is 5.73 Å². The van der Waals surface area contributed by atoms with Crippen LogP contribution >= 0.6 is 11.6 Å². The van der Waals surface area contributed by atoms with E-state index < -0.39 is 5.91 Å². The van der Waals surface area contributed by atoms with Crippen molar-refractivity contribution in [3.63, 3.8) is 0 Å². The van der Waals surface area contributed by atoms with Crippen molar-refractivity contribution >= 4 is 23.2 Å². The maximum atomic E-state index is 12.9. The second-order valence-electron chi connectivity index (χ2n) is 8.20. The molecule has 0 aliphatic heterocycles. The predicted molar refractivity (Wildman–Crippen MR) is 119 cm³/mol. The Hall–Kier alpha value is -3.38. The van der Waals surface area contributed by atoms with Gasteiger partial charge in [-0.1, -0.05) is 56.6 Å². The van der Waals surface area contributed by atoms with E-state index in [1.165, 1.54) is 10.6 Å². The molecular weight excluding hydrogens is 400 g/mol. The molecule has 0 atom stereocenters. The monoisotopic (exact) mass is 420 g/mol. The molecule has 4 aromatic rings. The Morgan fingerprint density at radius 3 is 2.40 bits per heavy atom. The average Bonchev–Trinajstić information content (AvgIpc) is 3.09.